The Morgan fingerprint density at radius 1 is 1.27 bits per heavy atom. The highest BCUT2D eigenvalue weighted by Crippen LogP contribution is 2.13. The zero-order chi connectivity index (χ0) is 19.2. The first-order valence-electron chi connectivity index (χ1n) is 8.81. The molecule has 1 heterocycles. The molecule has 1 aromatic carbocycles. The van der Waals surface area contributed by atoms with Crippen molar-refractivity contribution in [1.29, 1.82) is 0 Å². The second-order valence-corrected chi connectivity index (χ2v) is 10.7. The standard InChI is InChI=1S/C17H27N3O4S2/c1-3-14(13-26(23,24)16-8-6-5-7-9-16)19-17(18-4-2)20-15-10-11-25(21,22)12-15/h5-9,14-15H,3-4,10-13H2,1-2H3,(H2,18,19,20). The average molecular weight is 402 g/mol. The molecule has 146 valence electrons. The lowest BCUT2D eigenvalue weighted by atomic mass is 10.2. The molecule has 0 aromatic heterocycles. The van der Waals surface area contributed by atoms with Crippen LogP contribution in [0.15, 0.2) is 40.2 Å². The van der Waals surface area contributed by atoms with E-state index < -0.39 is 19.7 Å². The second kappa shape index (κ2) is 8.85. The van der Waals surface area contributed by atoms with Gasteiger partial charge >= 0.3 is 0 Å². The van der Waals surface area contributed by atoms with Gasteiger partial charge < -0.3 is 10.6 Å². The van der Waals surface area contributed by atoms with E-state index in [9.17, 15) is 16.8 Å². The molecule has 0 aliphatic carbocycles. The fourth-order valence-corrected chi connectivity index (χ4v) is 6.12. The molecule has 0 amide bonds. The topological polar surface area (TPSA) is 105 Å². The van der Waals surface area contributed by atoms with Crippen molar-refractivity contribution in [3.8, 4) is 0 Å². The van der Waals surface area contributed by atoms with E-state index in [1.54, 1.807) is 30.3 Å². The van der Waals surface area contributed by atoms with Gasteiger partial charge in [-0.3, -0.25) is 4.99 Å². The minimum absolute atomic E-state index is 0.0547. The van der Waals surface area contributed by atoms with Gasteiger partial charge in [-0.2, -0.15) is 0 Å². The molecular weight excluding hydrogens is 374 g/mol. The number of rotatable bonds is 7. The molecule has 2 unspecified atom stereocenters. The van der Waals surface area contributed by atoms with Crippen LogP contribution in [0, 0.1) is 0 Å². The lowest BCUT2D eigenvalue weighted by molar-refractivity contribution is 0.563. The maximum Gasteiger partial charge on any atom is 0.191 e. The largest absolute Gasteiger partial charge is 0.353 e. The molecular formula is C17H27N3O4S2. The molecule has 2 atom stereocenters. The molecule has 1 fully saturated rings. The van der Waals surface area contributed by atoms with Crippen molar-refractivity contribution < 1.29 is 16.8 Å². The number of hydrogen-bond acceptors (Lipinski definition) is 5. The molecule has 2 N–H and O–H groups in total. The number of aliphatic imine (C=N–C) groups is 1. The molecule has 0 radical (unpaired) electrons. The molecule has 1 aromatic rings. The summed E-state index contributed by atoms with van der Waals surface area (Å²) in [6, 6.07) is 7.84. The van der Waals surface area contributed by atoms with E-state index in [-0.39, 0.29) is 29.3 Å². The highest BCUT2D eigenvalue weighted by atomic mass is 32.2. The fourth-order valence-electron chi connectivity index (χ4n) is 2.84. The van der Waals surface area contributed by atoms with Gasteiger partial charge in [0.15, 0.2) is 25.6 Å². The molecule has 2 rings (SSSR count). The maximum atomic E-state index is 12.6. The summed E-state index contributed by atoms with van der Waals surface area (Å²) in [6.45, 7) is 4.29. The lowest BCUT2D eigenvalue weighted by Crippen LogP contribution is -2.49. The smallest absolute Gasteiger partial charge is 0.191 e. The van der Waals surface area contributed by atoms with E-state index >= 15 is 0 Å². The first kappa shape index (κ1) is 20.7. The predicted octanol–water partition coefficient (Wildman–Crippen LogP) is 0.981. The Hall–Kier alpha value is -1.61. The number of sulfone groups is 2. The molecule has 9 heteroatoms. The minimum Gasteiger partial charge on any atom is -0.353 e. The Bertz CT molecular complexity index is 821. The zero-order valence-electron chi connectivity index (χ0n) is 15.2. The number of benzene rings is 1. The quantitative estimate of drug-likeness (QED) is 0.521. The van der Waals surface area contributed by atoms with Gasteiger partial charge in [-0.15, -0.1) is 0 Å². The van der Waals surface area contributed by atoms with E-state index in [1.165, 1.54) is 0 Å². The van der Waals surface area contributed by atoms with Crippen LogP contribution in [0.3, 0.4) is 0 Å². The summed E-state index contributed by atoms with van der Waals surface area (Å²) in [4.78, 5) is 4.63. The van der Waals surface area contributed by atoms with E-state index in [2.05, 4.69) is 15.6 Å². The average Bonchev–Trinajstić information content (AvgIpc) is 2.93. The van der Waals surface area contributed by atoms with Crippen LogP contribution in [0.2, 0.25) is 0 Å². The Morgan fingerprint density at radius 2 is 1.96 bits per heavy atom. The van der Waals surface area contributed by atoms with Crippen molar-refractivity contribution in [3.63, 3.8) is 0 Å². The van der Waals surface area contributed by atoms with Crippen LogP contribution < -0.4 is 10.6 Å². The summed E-state index contributed by atoms with van der Waals surface area (Å²) >= 11 is 0. The van der Waals surface area contributed by atoms with Gasteiger partial charge in [0.1, 0.15) is 0 Å². The van der Waals surface area contributed by atoms with Gasteiger partial charge in [-0.25, -0.2) is 16.8 Å². The van der Waals surface area contributed by atoms with E-state index in [4.69, 9.17) is 0 Å². The molecule has 0 spiro atoms. The summed E-state index contributed by atoms with van der Waals surface area (Å²) in [7, 11) is -6.42. The van der Waals surface area contributed by atoms with Crippen LogP contribution in [0.1, 0.15) is 26.7 Å². The lowest BCUT2D eigenvalue weighted by Gasteiger charge is -2.22. The Morgan fingerprint density at radius 3 is 2.50 bits per heavy atom. The van der Waals surface area contributed by atoms with Crippen LogP contribution in [-0.2, 0) is 19.7 Å². The van der Waals surface area contributed by atoms with E-state index in [0.717, 1.165) is 0 Å². The van der Waals surface area contributed by atoms with Crippen molar-refractivity contribution in [2.45, 2.75) is 43.7 Å². The third-order valence-corrected chi connectivity index (χ3v) is 7.85. The summed E-state index contributed by atoms with van der Waals surface area (Å²) in [5.74, 6) is 0.658. The number of guanidine groups is 1. The Kier molecular flexibility index (Phi) is 7.05. The molecule has 7 nitrogen and oxygen atoms in total. The summed E-state index contributed by atoms with van der Waals surface area (Å²) in [6.07, 6.45) is 1.13. The maximum absolute atomic E-state index is 12.6. The number of nitrogens with zero attached hydrogens (tertiary/aromatic N) is 1. The van der Waals surface area contributed by atoms with Gasteiger partial charge in [-0.05, 0) is 31.9 Å². The van der Waals surface area contributed by atoms with Gasteiger partial charge in [0.25, 0.3) is 0 Å². The first-order valence-corrected chi connectivity index (χ1v) is 12.3. The molecule has 1 saturated heterocycles. The molecule has 0 saturated carbocycles. The molecule has 0 bridgehead atoms. The predicted molar refractivity (Wildman–Crippen MR) is 104 cm³/mol. The minimum atomic E-state index is -3.42. The third kappa shape index (κ3) is 5.98. The summed E-state index contributed by atoms with van der Waals surface area (Å²) < 4.78 is 48.4. The van der Waals surface area contributed by atoms with Crippen LogP contribution in [0.4, 0.5) is 0 Å². The first-order chi connectivity index (χ1) is 12.3. The normalized spacial score (nSPS) is 21.3. The van der Waals surface area contributed by atoms with Crippen LogP contribution >= 0.6 is 0 Å². The summed E-state index contributed by atoms with van der Waals surface area (Å²) in [5.41, 5.74) is 0. The van der Waals surface area contributed by atoms with Crippen molar-refractivity contribution in [2.75, 3.05) is 23.8 Å². The van der Waals surface area contributed by atoms with Crippen LogP contribution in [0.5, 0.6) is 0 Å². The fraction of sp³-hybridized carbons (Fsp3) is 0.588. The monoisotopic (exact) mass is 401 g/mol. The molecule has 1 aliphatic heterocycles. The Labute approximate surface area is 156 Å². The van der Waals surface area contributed by atoms with Gasteiger partial charge in [-0.1, -0.05) is 25.1 Å². The van der Waals surface area contributed by atoms with Crippen molar-refractivity contribution in [1.82, 2.24) is 10.6 Å². The molecule has 1 aliphatic rings. The highest BCUT2D eigenvalue weighted by molar-refractivity contribution is 7.91. The second-order valence-electron chi connectivity index (χ2n) is 6.41. The number of nitrogens with one attached hydrogen (secondary N) is 2. The van der Waals surface area contributed by atoms with Crippen molar-refractivity contribution >= 4 is 25.6 Å². The van der Waals surface area contributed by atoms with Gasteiger partial charge in [0.2, 0.25) is 0 Å². The van der Waals surface area contributed by atoms with Crippen LogP contribution in [-0.4, -0.2) is 58.7 Å². The van der Waals surface area contributed by atoms with Gasteiger partial charge in [0.05, 0.1) is 22.2 Å². The van der Waals surface area contributed by atoms with Crippen molar-refractivity contribution in [2.24, 2.45) is 4.99 Å². The summed E-state index contributed by atoms with van der Waals surface area (Å²) in [5, 5.41) is 6.28. The third-order valence-electron chi connectivity index (χ3n) is 4.25. The van der Waals surface area contributed by atoms with Gasteiger partial charge in [0, 0.05) is 18.6 Å². The van der Waals surface area contributed by atoms with Crippen LogP contribution in [0.25, 0.3) is 0 Å². The SMILES string of the molecule is CCN=C(NC1CCS(=O)(=O)C1)NC(CC)CS(=O)(=O)c1ccccc1. The Balaban J connectivity index is 2.05. The van der Waals surface area contributed by atoms with E-state index in [0.29, 0.717) is 30.2 Å². The van der Waals surface area contributed by atoms with E-state index in [1.807, 2.05) is 13.8 Å². The van der Waals surface area contributed by atoms with Crippen molar-refractivity contribution in [3.05, 3.63) is 30.3 Å². The molecule has 26 heavy (non-hydrogen) atoms. The zero-order valence-corrected chi connectivity index (χ0v) is 16.8. The number of hydrogen-bond donors (Lipinski definition) is 2. The highest BCUT2D eigenvalue weighted by Gasteiger charge is 2.29.